The number of pyridine rings is 2. The average molecular weight is 483 g/mol. The van der Waals surface area contributed by atoms with Gasteiger partial charge in [-0.1, -0.05) is 12.1 Å². The molecule has 0 unspecified atom stereocenters. The second-order valence-corrected chi connectivity index (χ2v) is 7.45. The number of aromatic nitrogens is 2. The highest BCUT2D eigenvalue weighted by Crippen LogP contribution is 2.28. The Labute approximate surface area is 199 Å². The standard InChI is InChI=1S/C24H23F2N5O4/c1-14(32)31(13-21(25)26)20-7-5-16(9-18(20)24(34)35-2)19-6-4-17(12-28-19)23(33)30-11-15-3-8-22(27)29-10-15/h3-10,12,21H,11,13H2,1-2H3,(H2,27,29)(H,30,33). The van der Waals surface area contributed by atoms with Crippen LogP contribution < -0.4 is 16.0 Å². The summed E-state index contributed by atoms with van der Waals surface area (Å²) in [5.74, 6) is -1.41. The molecule has 0 radical (unpaired) electrons. The summed E-state index contributed by atoms with van der Waals surface area (Å²) in [6.07, 6.45) is 0.144. The van der Waals surface area contributed by atoms with Gasteiger partial charge in [0.15, 0.2) is 0 Å². The third-order valence-corrected chi connectivity index (χ3v) is 5.02. The van der Waals surface area contributed by atoms with Crippen molar-refractivity contribution in [3.63, 3.8) is 0 Å². The smallest absolute Gasteiger partial charge is 0.340 e. The molecule has 0 bridgehead atoms. The molecule has 9 nitrogen and oxygen atoms in total. The van der Waals surface area contributed by atoms with Gasteiger partial charge in [-0.3, -0.25) is 14.6 Å². The van der Waals surface area contributed by atoms with Crippen molar-refractivity contribution in [2.24, 2.45) is 0 Å². The molecule has 0 spiro atoms. The summed E-state index contributed by atoms with van der Waals surface area (Å²) in [6.45, 7) is 0.517. The highest BCUT2D eigenvalue weighted by Gasteiger charge is 2.24. The number of rotatable bonds is 8. The summed E-state index contributed by atoms with van der Waals surface area (Å²) in [7, 11) is 1.15. The molecular weight excluding hydrogens is 460 g/mol. The van der Waals surface area contributed by atoms with E-state index in [2.05, 4.69) is 15.3 Å². The summed E-state index contributed by atoms with van der Waals surface area (Å²) >= 11 is 0. The van der Waals surface area contributed by atoms with Gasteiger partial charge in [-0.2, -0.15) is 0 Å². The third kappa shape index (κ3) is 6.34. The summed E-state index contributed by atoms with van der Waals surface area (Å²) in [5, 5.41) is 2.75. The lowest BCUT2D eigenvalue weighted by Crippen LogP contribution is -2.34. The number of anilines is 2. The molecule has 0 aliphatic heterocycles. The van der Waals surface area contributed by atoms with E-state index in [9.17, 15) is 23.2 Å². The summed E-state index contributed by atoms with van der Waals surface area (Å²) in [6, 6.07) is 10.9. The fourth-order valence-electron chi connectivity index (χ4n) is 3.26. The molecule has 1 aromatic carbocycles. The Morgan fingerprint density at radius 3 is 2.43 bits per heavy atom. The summed E-state index contributed by atoms with van der Waals surface area (Å²) in [5.41, 5.74) is 7.45. The van der Waals surface area contributed by atoms with Gasteiger partial charge in [0.05, 0.1) is 36.2 Å². The van der Waals surface area contributed by atoms with E-state index in [-0.39, 0.29) is 23.7 Å². The minimum absolute atomic E-state index is 0.00144. The summed E-state index contributed by atoms with van der Waals surface area (Å²) < 4.78 is 30.8. The molecular formula is C24H23F2N5O4. The first-order valence-electron chi connectivity index (χ1n) is 10.4. The molecule has 3 rings (SSSR count). The monoisotopic (exact) mass is 483 g/mol. The molecule has 11 heteroatoms. The van der Waals surface area contributed by atoms with Gasteiger partial charge >= 0.3 is 5.97 Å². The fraction of sp³-hybridized carbons (Fsp3) is 0.208. The van der Waals surface area contributed by atoms with Gasteiger partial charge in [0.25, 0.3) is 12.3 Å². The number of nitrogens with zero attached hydrogens (tertiary/aromatic N) is 3. The molecule has 2 heterocycles. The van der Waals surface area contributed by atoms with Crippen LogP contribution in [-0.2, 0) is 16.1 Å². The van der Waals surface area contributed by atoms with Gasteiger partial charge < -0.3 is 20.7 Å². The number of ether oxygens (including phenoxy) is 1. The predicted octanol–water partition coefficient (Wildman–Crippen LogP) is 3.06. The van der Waals surface area contributed by atoms with Crippen molar-refractivity contribution in [2.75, 3.05) is 24.3 Å². The Bertz CT molecular complexity index is 1220. The molecule has 0 atom stereocenters. The quantitative estimate of drug-likeness (QED) is 0.472. The van der Waals surface area contributed by atoms with E-state index in [0.29, 0.717) is 22.6 Å². The molecule has 3 N–H and O–H groups in total. The van der Waals surface area contributed by atoms with Crippen molar-refractivity contribution in [3.05, 3.63) is 71.5 Å². The van der Waals surface area contributed by atoms with E-state index in [1.165, 1.54) is 18.3 Å². The normalized spacial score (nSPS) is 10.7. The first kappa shape index (κ1) is 25.2. The number of hydrogen-bond acceptors (Lipinski definition) is 7. The van der Waals surface area contributed by atoms with Crippen LogP contribution >= 0.6 is 0 Å². The lowest BCUT2D eigenvalue weighted by molar-refractivity contribution is -0.117. The van der Waals surface area contributed by atoms with Gasteiger partial charge in [-0.25, -0.2) is 18.6 Å². The van der Waals surface area contributed by atoms with E-state index in [0.717, 1.165) is 24.5 Å². The summed E-state index contributed by atoms with van der Waals surface area (Å²) in [4.78, 5) is 45.8. The van der Waals surface area contributed by atoms with Gasteiger partial charge in [-0.05, 0) is 35.9 Å². The van der Waals surface area contributed by atoms with Crippen LogP contribution in [-0.4, -0.2) is 47.8 Å². The largest absolute Gasteiger partial charge is 0.465 e. The van der Waals surface area contributed by atoms with Gasteiger partial charge in [0, 0.05) is 31.4 Å². The van der Waals surface area contributed by atoms with Crippen LogP contribution in [0.25, 0.3) is 11.3 Å². The number of methoxy groups -OCH3 is 1. The van der Waals surface area contributed by atoms with Gasteiger partial charge in [-0.15, -0.1) is 0 Å². The van der Waals surface area contributed by atoms with Crippen LogP contribution in [0.15, 0.2) is 54.9 Å². The minimum Gasteiger partial charge on any atom is -0.465 e. The van der Waals surface area contributed by atoms with Crippen LogP contribution in [0.5, 0.6) is 0 Å². The van der Waals surface area contributed by atoms with E-state index >= 15 is 0 Å². The predicted molar refractivity (Wildman–Crippen MR) is 125 cm³/mol. The Morgan fingerprint density at radius 2 is 1.86 bits per heavy atom. The Morgan fingerprint density at radius 1 is 1.09 bits per heavy atom. The number of nitrogens with one attached hydrogen (secondary N) is 1. The van der Waals surface area contributed by atoms with Crippen LogP contribution in [0.1, 0.15) is 33.2 Å². The number of nitrogen functional groups attached to an aromatic ring is 1. The van der Waals surface area contributed by atoms with Crippen molar-refractivity contribution in [3.8, 4) is 11.3 Å². The fourth-order valence-corrected chi connectivity index (χ4v) is 3.26. The van der Waals surface area contributed by atoms with E-state index in [1.54, 1.807) is 36.5 Å². The van der Waals surface area contributed by atoms with Crippen molar-refractivity contribution >= 4 is 29.3 Å². The molecule has 0 aliphatic rings. The van der Waals surface area contributed by atoms with Crippen LogP contribution in [0, 0.1) is 0 Å². The number of nitrogens with two attached hydrogens (primary N) is 1. The van der Waals surface area contributed by atoms with Crippen molar-refractivity contribution < 1.29 is 27.9 Å². The topological polar surface area (TPSA) is 128 Å². The maximum absolute atomic E-state index is 13.0. The molecule has 35 heavy (non-hydrogen) atoms. The average Bonchev–Trinajstić information content (AvgIpc) is 2.86. The number of carbonyl (C=O) groups excluding carboxylic acids is 3. The SMILES string of the molecule is COC(=O)c1cc(-c2ccc(C(=O)NCc3ccc(N)nc3)cn2)ccc1N(CC(F)F)C(C)=O. The zero-order valence-corrected chi connectivity index (χ0v) is 19.0. The highest BCUT2D eigenvalue weighted by atomic mass is 19.3. The Balaban J connectivity index is 1.82. The third-order valence-electron chi connectivity index (χ3n) is 5.02. The van der Waals surface area contributed by atoms with Crippen molar-refractivity contribution in [2.45, 2.75) is 19.9 Å². The second kappa shape index (κ2) is 11.1. The molecule has 182 valence electrons. The van der Waals surface area contributed by atoms with Gasteiger partial charge in [0.2, 0.25) is 5.91 Å². The van der Waals surface area contributed by atoms with E-state index in [1.807, 2.05) is 0 Å². The zero-order chi connectivity index (χ0) is 25.5. The van der Waals surface area contributed by atoms with Crippen LogP contribution in [0.4, 0.5) is 20.3 Å². The van der Waals surface area contributed by atoms with Crippen molar-refractivity contribution in [1.82, 2.24) is 15.3 Å². The maximum Gasteiger partial charge on any atom is 0.340 e. The molecule has 3 aromatic rings. The Kier molecular flexibility index (Phi) is 8.03. The number of esters is 1. The molecule has 0 saturated heterocycles. The van der Waals surface area contributed by atoms with Crippen molar-refractivity contribution in [1.29, 1.82) is 0 Å². The molecule has 0 saturated carbocycles. The zero-order valence-electron chi connectivity index (χ0n) is 19.0. The number of amides is 2. The first-order valence-corrected chi connectivity index (χ1v) is 10.4. The van der Waals surface area contributed by atoms with E-state index in [4.69, 9.17) is 10.5 Å². The lowest BCUT2D eigenvalue weighted by Gasteiger charge is -2.23. The number of hydrogen-bond donors (Lipinski definition) is 2. The molecule has 2 aromatic heterocycles. The first-order chi connectivity index (χ1) is 16.7. The molecule has 0 aliphatic carbocycles. The maximum atomic E-state index is 13.0. The molecule has 0 fully saturated rings. The lowest BCUT2D eigenvalue weighted by atomic mass is 10.0. The Hall–Kier alpha value is -4.41. The highest BCUT2D eigenvalue weighted by molar-refractivity contribution is 6.03. The second-order valence-electron chi connectivity index (χ2n) is 7.45. The van der Waals surface area contributed by atoms with Crippen LogP contribution in [0.2, 0.25) is 0 Å². The van der Waals surface area contributed by atoms with Gasteiger partial charge in [0.1, 0.15) is 5.82 Å². The van der Waals surface area contributed by atoms with Crippen LogP contribution in [0.3, 0.4) is 0 Å². The molecule has 2 amide bonds. The number of halogens is 2. The number of carbonyl (C=O) groups is 3. The number of benzene rings is 1. The number of alkyl halides is 2. The minimum atomic E-state index is -2.79. The van der Waals surface area contributed by atoms with E-state index < -0.39 is 24.8 Å².